The zero-order chi connectivity index (χ0) is 11.2. The van der Waals surface area contributed by atoms with Crippen LogP contribution < -0.4 is 5.32 Å². The molecule has 1 aromatic heterocycles. The molecule has 0 saturated carbocycles. The van der Waals surface area contributed by atoms with Gasteiger partial charge in [0.05, 0.1) is 6.10 Å². The Balaban J connectivity index is 1.65. The minimum atomic E-state index is -0.284. The first-order chi connectivity index (χ1) is 7.84. The number of imidazole rings is 1. The first-order valence-corrected chi connectivity index (χ1v) is 6.56. The number of aromatic nitrogens is 2. The van der Waals surface area contributed by atoms with Crippen molar-refractivity contribution in [3.8, 4) is 0 Å². The molecule has 1 saturated heterocycles. The molecule has 2 heterocycles. The molecule has 1 atom stereocenters. The van der Waals surface area contributed by atoms with E-state index < -0.39 is 0 Å². The van der Waals surface area contributed by atoms with Gasteiger partial charge in [-0.25, -0.2) is 4.98 Å². The summed E-state index contributed by atoms with van der Waals surface area (Å²) in [5.41, 5.74) is 0. The molecular formula is C10H18N4OS. The molecule has 0 bridgehead atoms. The van der Waals surface area contributed by atoms with E-state index in [1.807, 2.05) is 0 Å². The van der Waals surface area contributed by atoms with E-state index in [9.17, 15) is 5.11 Å². The van der Waals surface area contributed by atoms with Crippen LogP contribution >= 0.6 is 11.8 Å². The van der Waals surface area contributed by atoms with Crippen LogP contribution in [0, 0.1) is 0 Å². The normalized spacial score (nSPS) is 19.8. The van der Waals surface area contributed by atoms with E-state index in [1.54, 1.807) is 24.2 Å². The number of H-pyrrole nitrogens is 1. The van der Waals surface area contributed by atoms with Gasteiger partial charge in [-0.2, -0.15) is 0 Å². The molecule has 1 aliphatic rings. The minimum Gasteiger partial charge on any atom is -0.391 e. The number of aliphatic hydroxyl groups excluding tert-OH is 1. The molecule has 0 aliphatic carbocycles. The molecule has 2 rings (SSSR count). The average molecular weight is 242 g/mol. The number of nitrogens with zero attached hydrogens (tertiary/aromatic N) is 2. The van der Waals surface area contributed by atoms with E-state index in [0.29, 0.717) is 5.75 Å². The highest BCUT2D eigenvalue weighted by atomic mass is 32.2. The van der Waals surface area contributed by atoms with Gasteiger partial charge in [0.25, 0.3) is 0 Å². The van der Waals surface area contributed by atoms with Crippen molar-refractivity contribution in [1.29, 1.82) is 0 Å². The van der Waals surface area contributed by atoms with Crippen molar-refractivity contribution in [3.63, 3.8) is 0 Å². The maximum Gasteiger partial charge on any atom is 0.165 e. The summed E-state index contributed by atoms with van der Waals surface area (Å²) in [6, 6.07) is 0. The zero-order valence-corrected chi connectivity index (χ0v) is 10.0. The third-order valence-corrected chi connectivity index (χ3v) is 3.61. The summed E-state index contributed by atoms with van der Waals surface area (Å²) in [5, 5.41) is 14.0. The Hall–Kier alpha value is -0.560. The fourth-order valence-corrected chi connectivity index (χ4v) is 2.49. The van der Waals surface area contributed by atoms with Crippen LogP contribution in [-0.4, -0.2) is 64.6 Å². The largest absolute Gasteiger partial charge is 0.391 e. The molecule has 3 N–H and O–H groups in total. The molecule has 1 aromatic rings. The predicted molar refractivity (Wildman–Crippen MR) is 64.6 cm³/mol. The zero-order valence-electron chi connectivity index (χ0n) is 9.22. The molecule has 5 nitrogen and oxygen atoms in total. The molecule has 0 spiro atoms. The number of aromatic amines is 1. The number of piperazine rings is 1. The molecule has 0 radical (unpaired) electrons. The molecule has 0 amide bonds. The van der Waals surface area contributed by atoms with Crippen LogP contribution in [0.2, 0.25) is 0 Å². The van der Waals surface area contributed by atoms with Crippen molar-refractivity contribution < 1.29 is 5.11 Å². The van der Waals surface area contributed by atoms with Gasteiger partial charge in [0.2, 0.25) is 0 Å². The quantitative estimate of drug-likeness (QED) is 0.622. The Morgan fingerprint density at radius 1 is 1.50 bits per heavy atom. The van der Waals surface area contributed by atoms with E-state index in [1.165, 1.54) is 0 Å². The smallest absolute Gasteiger partial charge is 0.165 e. The van der Waals surface area contributed by atoms with E-state index in [0.717, 1.165) is 37.9 Å². The third kappa shape index (κ3) is 3.79. The Morgan fingerprint density at radius 2 is 2.31 bits per heavy atom. The summed E-state index contributed by atoms with van der Waals surface area (Å²) in [5.74, 6) is 0.692. The summed E-state index contributed by atoms with van der Waals surface area (Å²) < 4.78 is 0. The van der Waals surface area contributed by atoms with Crippen molar-refractivity contribution in [3.05, 3.63) is 12.4 Å². The van der Waals surface area contributed by atoms with Crippen molar-refractivity contribution in [2.45, 2.75) is 11.3 Å². The highest BCUT2D eigenvalue weighted by molar-refractivity contribution is 7.99. The van der Waals surface area contributed by atoms with Crippen LogP contribution in [0.5, 0.6) is 0 Å². The SMILES string of the molecule is OC(CSc1ncc[nH]1)CN1CCNCC1. The van der Waals surface area contributed by atoms with Gasteiger partial charge in [-0.15, -0.1) is 0 Å². The summed E-state index contributed by atoms with van der Waals surface area (Å²) in [4.78, 5) is 9.42. The van der Waals surface area contributed by atoms with Gasteiger partial charge in [-0.1, -0.05) is 11.8 Å². The fourth-order valence-electron chi connectivity index (χ4n) is 1.75. The van der Waals surface area contributed by atoms with Gasteiger partial charge in [-0.3, -0.25) is 4.90 Å². The number of nitrogens with one attached hydrogen (secondary N) is 2. The summed E-state index contributed by atoms with van der Waals surface area (Å²) in [7, 11) is 0. The second-order valence-corrected chi connectivity index (χ2v) is 4.92. The van der Waals surface area contributed by atoms with Crippen molar-refractivity contribution in [1.82, 2.24) is 20.2 Å². The van der Waals surface area contributed by atoms with E-state index >= 15 is 0 Å². The Morgan fingerprint density at radius 3 is 3.00 bits per heavy atom. The van der Waals surface area contributed by atoms with Crippen LogP contribution in [0.1, 0.15) is 0 Å². The van der Waals surface area contributed by atoms with E-state index in [2.05, 4.69) is 20.2 Å². The topological polar surface area (TPSA) is 64.2 Å². The van der Waals surface area contributed by atoms with Crippen LogP contribution in [0.3, 0.4) is 0 Å². The second kappa shape index (κ2) is 6.24. The van der Waals surface area contributed by atoms with Gasteiger partial charge in [0, 0.05) is 50.9 Å². The lowest BCUT2D eigenvalue weighted by atomic mass is 10.3. The van der Waals surface area contributed by atoms with Crippen molar-refractivity contribution in [2.75, 3.05) is 38.5 Å². The minimum absolute atomic E-state index is 0.284. The monoisotopic (exact) mass is 242 g/mol. The summed E-state index contributed by atoms with van der Waals surface area (Å²) >= 11 is 1.56. The second-order valence-electron chi connectivity index (χ2n) is 3.91. The lowest BCUT2D eigenvalue weighted by molar-refractivity contribution is 0.121. The highest BCUT2D eigenvalue weighted by Gasteiger charge is 2.14. The van der Waals surface area contributed by atoms with Gasteiger partial charge < -0.3 is 15.4 Å². The molecule has 0 aromatic carbocycles. The molecule has 1 fully saturated rings. The number of β-amino-alcohol motifs (C(OH)–C–C–N with tert-alkyl or cyclic N) is 1. The number of rotatable bonds is 5. The standard InChI is InChI=1S/C10H18N4OS/c15-9(7-14-5-3-11-4-6-14)8-16-10-12-1-2-13-10/h1-2,9,11,15H,3-8H2,(H,12,13). The maximum absolute atomic E-state index is 9.88. The first-order valence-electron chi connectivity index (χ1n) is 5.58. The van der Waals surface area contributed by atoms with Gasteiger partial charge >= 0.3 is 0 Å². The van der Waals surface area contributed by atoms with Gasteiger partial charge in [0.1, 0.15) is 0 Å². The number of hydrogen-bond acceptors (Lipinski definition) is 5. The van der Waals surface area contributed by atoms with Crippen molar-refractivity contribution in [2.24, 2.45) is 0 Å². The maximum atomic E-state index is 9.88. The third-order valence-electron chi connectivity index (χ3n) is 2.56. The number of thioether (sulfide) groups is 1. The fraction of sp³-hybridized carbons (Fsp3) is 0.700. The number of hydrogen-bond donors (Lipinski definition) is 3. The summed E-state index contributed by atoms with van der Waals surface area (Å²) in [6.45, 7) is 4.87. The molecule has 6 heteroatoms. The lowest BCUT2D eigenvalue weighted by Crippen LogP contribution is -2.46. The van der Waals surface area contributed by atoms with Crippen molar-refractivity contribution >= 4 is 11.8 Å². The molecule has 16 heavy (non-hydrogen) atoms. The molecule has 1 aliphatic heterocycles. The molecular weight excluding hydrogens is 224 g/mol. The van der Waals surface area contributed by atoms with E-state index in [4.69, 9.17) is 0 Å². The van der Waals surface area contributed by atoms with Crippen LogP contribution in [-0.2, 0) is 0 Å². The van der Waals surface area contributed by atoms with Crippen LogP contribution in [0.4, 0.5) is 0 Å². The lowest BCUT2D eigenvalue weighted by Gasteiger charge is -2.28. The predicted octanol–water partition coefficient (Wildman–Crippen LogP) is -0.232. The molecule has 90 valence electrons. The first kappa shape index (κ1) is 11.9. The number of aliphatic hydroxyl groups is 1. The Kier molecular flexibility index (Phi) is 4.65. The Bertz CT molecular complexity index is 287. The highest BCUT2D eigenvalue weighted by Crippen LogP contribution is 2.13. The van der Waals surface area contributed by atoms with Gasteiger partial charge in [-0.05, 0) is 0 Å². The van der Waals surface area contributed by atoms with Gasteiger partial charge in [0.15, 0.2) is 5.16 Å². The van der Waals surface area contributed by atoms with E-state index in [-0.39, 0.29) is 6.10 Å². The summed E-state index contributed by atoms with van der Waals surface area (Å²) in [6.07, 6.45) is 3.24. The van der Waals surface area contributed by atoms with Crippen LogP contribution in [0.25, 0.3) is 0 Å². The average Bonchev–Trinajstić information content (AvgIpc) is 2.81. The Labute approximate surface area is 99.6 Å². The molecule has 1 unspecified atom stereocenters. The van der Waals surface area contributed by atoms with Crippen LogP contribution in [0.15, 0.2) is 17.6 Å².